The first-order chi connectivity index (χ1) is 14.6. The Bertz CT molecular complexity index is 935. The molecule has 2 atom stereocenters. The molecule has 1 aliphatic heterocycles. The first-order valence-corrected chi connectivity index (χ1v) is 11.6. The average Bonchev–Trinajstić information content (AvgIpc) is 3.09. The van der Waals surface area contributed by atoms with Crippen LogP contribution >= 0.6 is 11.8 Å². The Morgan fingerprint density at radius 1 is 1.00 bits per heavy atom. The maximum absolute atomic E-state index is 11.9. The van der Waals surface area contributed by atoms with Crippen molar-refractivity contribution in [2.45, 2.75) is 51.1 Å². The van der Waals surface area contributed by atoms with Crippen molar-refractivity contribution in [1.82, 2.24) is 10.6 Å². The van der Waals surface area contributed by atoms with Crippen molar-refractivity contribution in [3.05, 3.63) is 76.2 Å². The molecule has 2 amide bonds. The molecule has 2 aromatic carbocycles. The quantitative estimate of drug-likeness (QED) is 0.592. The van der Waals surface area contributed by atoms with Gasteiger partial charge in [0.2, 0.25) is 0 Å². The number of nitrogens with one attached hydrogen (secondary N) is 2. The van der Waals surface area contributed by atoms with Gasteiger partial charge in [-0.15, -0.1) is 0 Å². The molecule has 0 radical (unpaired) electrons. The van der Waals surface area contributed by atoms with Gasteiger partial charge in [-0.1, -0.05) is 67.8 Å². The second-order valence-corrected chi connectivity index (χ2v) is 9.23. The predicted octanol–water partition coefficient (Wildman–Crippen LogP) is 5.66. The zero-order chi connectivity index (χ0) is 20.9. The second kappa shape index (κ2) is 9.63. The number of thioether (sulfide) groups is 1. The van der Waals surface area contributed by atoms with Crippen LogP contribution in [0.25, 0.3) is 6.08 Å². The molecule has 1 heterocycles. The smallest absolute Gasteiger partial charge is 0.290 e. The molecule has 0 bridgehead atoms. The van der Waals surface area contributed by atoms with Crippen LogP contribution in [0.3, 0.4) is 0 Å². The van der Waals surface area contributed by atoms with E-state index in [2.05, 4.69) is 54.0 Å². The highest BCUT2D eigenvalue weighted by Crippen LogP contribution is 2.31. The van der Waals surface area contributed by atoms with Crippen molar-refractivity contribution in [2.24, 2.45) is 5.92 Å². The Morgan fingerprint density at radius 2 is 1.73 bits per heavy atom. The van der Waals surface area contributed by atoms with E-state index in [9.17, 15) is 9.59 Å². The lowest BCUT2D eigenvalue weighted by Gasteiger charge is -2.32. The van der Waals surface area contributed by atoms with Crippen molar-refractivity contribution in [1.29, 1.82) is 0 Å². The lowest BCUT2D eigenvalue weighted by molar-refractivity contribution is -0.115. The van der Waals surface area contributed by atoms with Gasteiger partial charge in [0.1, 0.15) is 0 Å². The molecule has 0 aromatic heterocycles. The number of benzene rings is 2. The van der Waals surface area contributed by atoms with E-state index in [-0.39, 0.29) is 17.2 Å². The largest absolute Gasteiger partial charge is 0.303 e. The standard InChI is InChI=1S/C25H28N2O2S/c1-17(19-10-4-2-5-11-19)26-23(20-12-6-3-7-13-20)21-14-8-9-18(15-21)16-22-24(28)27-25(29)30-22/h3,6-9,12-17,19,23,26H,2,4-5,10-11H2,1H3,(H,27,28,29)/t17-,23?/m1/s1. The van der Waals surface area contributed by atoms with E-state index in [1.165, 1.54) is 37.7 Å². The van der Waals surface area contributed by atoms with E-state index < -0.39 is 0 Å². The normalized spacial score (nSPS) is 20.9. The molecule has 1 unspecified atom stereocenters. The fourth-order valence-electron chi connectivity index (χ4n) is 4.46. The van der Waals surface area contributed by atoms with Crippen LogP contribution < -0.4 is 10.6 Å². The monoisotopic (exact) mass is 420 g/mol. The summed E-state index contributed by atoms with van der Waals surface area (Å²) in [6.45, 7) is 2.31. The molecule has 2 fully saturated rings. The second-order valence-electron chi connectivity index (χ2n) is 8.22. The minimum Gasteiger partial charge on any atom is -0.303 e. The molecule has 2 N–H and O–H groups in total. The van der Waals surface area contributed by atoms with E-state index in [0.29, 0.717) is 16.9 Å². The summed E-state index contributed by atoms with van der Waals surface area (Å²) in [6.07, 6.45) is 8.39. The van der Waals surface area contributed by atoms with E-state index in [1.54, 1.807) is 6.08 Å². The third kappa shape index (κ3) is 5.02. The Morgan fingerprint density at radius 3 is 2.43 bits per heavy atom. The summed E-state index contributed by atoms with van der Waals surface area (Å²) in [7, 11) is 0. The molecule has 1 saturated heterocycles. The Hall–Kier alpha value is -2.37. The SMILES string of the molecule is C[C@@H](NC(c1ccccc1)c1cccc(C=C2SC(=O)NC2=O)c1)C1CCCCC1. The van der Waals surface area contributed by atoms with Crippen LogP contribution in [-0.2, 0) is 4.79 Å². The number of hydrogen-bond acceptors (Lipinski definition) is 4. The van der Waals surface area contributed by atoms with Crippen LogP contribution in [-0.4, -0.2) is 17.2 Å². The van der Waals surface area contributed by atoms with Gasteiger partial charge in [0, 0.05) is 6.04 Å². The highest BCUT2D eigenvalue weighted by atomic mass is 32.2. The van der Waals surface area contributed by atoms with Gasteiger partial charge in [0.05, 0.1) is 10.9 Å². The molecular formula is C25H28N2O2S. The zero-order valence-electron chi connectivity index (χ0n) is 17.3. The maximum atomic E-state index is 11.9. The Labute approximate surface area is 182 Å². The van der Waals surface area contributed by atoms with Gasteiger partial charge in [-0.25, -0.2) is 0 Å². The van der Waals surface area contributed by atoms with Gasteiger partial charge < -0.3 is 5.32 Å². The molecule has 30 heavy (non-hydrogen) atoms. The highest BCUT2D eigenvalue weighted by molar-refractivity contribution is 8.18. The fourth-order valence-corrected chi connectivity index (χ4v) is 5.15. The molecule has 2 aromatic rings. The lowest BCUT2D eigenvalue weighted by atomic mass is 9.83. The van der Waals surface area contributed by atoms with E-state index in [0.717, 1.165) is 22.9 Å². The first kappa shape index (κ1) is 20.9. The van der Waals surface area contributed by atoms with Crippen molar-refractivity contribution >= 4 is 29.0 Å². The van der Waals surface area contributed by atoms with Gasteiger partial charge in [-0.05, 0) is 66.3 Å². The first-order valence-electron chi connectivity index (χ1n) is 10.8. The Balaban J connectivity index is 1.61. The van der Waals surface area contributed by atoms with Crippen LogP contribution in [0.1, 0.15) is 61.8 Å². The zero-order valence-corrected chi connectivity index (χ0v) is 18.1. The summed E-state index contributed by atoms with van der Waals surface area (Å²) >= 11 is 0.954. The van der Waals surface area contributed by atoms with Crippen LogP contribution in [0.5, 0.6) is 0 Å². The predicted molar refractivity (Wildman–Crippen MR) is 123 cm³/mol. The van der Waals surface area contributed by atoms with E-state index in [4.69, 9.17) is 0 Å². The molecule has 0 spiro atoms. The van der Waals surface area contributed by atoms with E-state index >= 15 is 0 Å². The lowest BCUT2D eigenvalue weighted by Crippen LogP contribution is -2.37. The molecule has 1 saturated carbocycles. The van der Waals surface area contributed by atoms with Crippen LogP contribution in [0.4, 0.5) is 4.79 Å². The highest BCUT2D eigenvalue weighted by Gasteiger charge is 2.26. The van der Waals surface area contributed by atoms with Crippen LogP contribution in [0.2, 0.25) is 0 Å². The van der Waals surface area contributed by atoms with Crippen molar-refractivity contribution < 1.29 is 9.59 Å². The molecule has 1 aliphatic carbocycles. The summed E-state index contributed by atoms with van der Waals surface area (Å²) in [5.41, 5.74) is 3.31. The van der Waals surface area contributed by atoms with E-state index in [1.807, 2.05) is 18.2 Å². The summed E-state index contributed by atoms with van der Waals surface area (Å²) in [5, 5.41) is 5.90. The number of rotatable bonds is 6. The summed E-state index contributed by atoms with van der Waals surface area (Å²) in [6, 6.07) is 19.3. The number of carbonyl (C=O) groups excluding carboxylic acids is 2. The maximum Gasteiger partial charge on any atom is 0.290 e. The molecular weight excluding hydrogens is 392 g/mol. The number of amides is 2. The summed E-state index contributed by atoms with van der Waals surface area (Å²) in [4.78, 5) is 23.8. The summed E-state index contributed by atoms with van der Waals surface area (Å²) in [5.74, 6) is 0.388. The average molecular weight is 421 g/mol. The van der Waals surface area contributed by atoms with Crippen molar-refractivity contribution in [3.63, 3.8) is 0 Å². The number of hydrogen-bond donors (Lipinski definition) is 2. The van der Waals surface area contributed by atoms with Crippen molar-refractivity contribution in [2.75, 3.05) is 0 Å². The van der Waals surface area contributed by atoms with Crippen LogP contribution in [0.15, 0.2) is 59.5 Å². The molecule has 4 rings (SSSR count). The minimum absolute atomic E-state index is 0.0770. The van der Waals surface area contributed by atoms with Crippen molar-refractivity contribution in [3.8, 4) is 0 Å². The van der Waals surface area contributed by atoms with Crippen LogP contribution in [0, 0.1) is 5.92 Å². The number of imide groups is 1. The molecule has 156 valence electrons. The molecule has 2 aliphatic rings. The summed E-state index contributed by atoms with van der Waals surface area (Å²) < 4.78 is 0. The fraction of sp³-hybridized carbons (Fsp3) is 0.360. The van der Waals surface area contributed by atoms with Gasteiger partial charge in [-0.3, -0.25) is 14.9 Å². The third-order valence-corrected chi connectivity index (χ3v) is 6.91. The molecule has 5 heteroatoms. The van der Waals surface area contributed by atoms with Gasteiger partial charge in [0.15, 0.2) is 0 Å². The van der Waals surface area contributed by atoms with Gasteiger partial charge in [0.25, 0.3) is 11.1 Å². The Kier molecular flexibility index (Phi) is 6.70. The topological polar surface area (TPSA) is 58.2 Å². The van der Waals surface area contributed by atoms with Gasteiger partial charge in [-0.2, -0.15) is 0 Å². The van der Waals surface area contributed by atoms with Gasteiger partial charge >= 0.3 is 0 Å². The number of carbonyl (C=O) groups is 2. The molecule has 4 nitrogen and oxygen atoms in total. The third-order valence-electron chi connectivity index (χ3n) is 6.10. The minimum atomic E-state index is -0.320.